The highest BCUT2D eigenvalue weighted by molar-refractivity contribution is 5.98. The van der Waals surface area contributed by atoms with E-state index in [-0.39, 0.29) is 36.2 Å². The van der Waals surface area contributed by atoms with E-state index in [4.69, 9.17) is 9.47 Å². The molecule has 1 aliphatic heterocycles. The Morgan fingerprint density at radius 2 is 2.21 bits per heavy atom. The summed E-state index contributed by atoms with van der Waals surface area (Å²) >= 11 is 0. The van der Waals surface area contributed by atoms with Gasteiger partial charge < -0.3 is 14.6 Å². The summed E-state index contributed by atoms with van der Waals surface area (Å²) in [5.74, 6) is -0.210. The number of allylic oxidation sites excluding steroid dienone is 2. The van der Waals surface area contributed by atoms with E-state index in [1.54, 1.807) is 0 Å². The van der Waals surface area contributed by atoms with Crippen LogP contribution in [0.2, 0.25) is 0 Å². The number of tetrazole rings is 1. The van der Waals surface area contributed by atoms with Crippen molar-refractivity contribution in [2.45, 2.75) is 39.7 Å². The fourth-order valence-electron chi connectivity index (χ4n) is 3.12. The van der Waals surface area contributed by atoms with E-state index in [0.717, 1.165) is 11.1 Å². The number of esters is 1. The normalized spacial score (nSPS) is 13.2. The molecule has 0 spiro atoms. The van der Waals surface area contributed by atoms with Crippen LogP contribution in [0.5, 0.6) is 11.5 Å². The van der Waals surface area contributed by atoms with Gasteiger partial charge in [0.25, 0.3) is 5.95 Å². The second-order valence-electron chi connectivity index (χ2n) is 6.45. The minimum Gasteiger partial charge on any atom is -0.507 e. The second kappa shape index (κ2) is 8.07. The number of benzene rings is 1. The number of anilines is 1. The summed E-state index contributed by atoms with van der Waals surface area (Å²) in [6.45, 7) is 3.86. The number of methoxy groups -OCH3 is 1. The molecule has 2 heterocycles. The zero-order valence-corrected chi connectivity index (χ0v) is 15.8. The molecule has 3 rings (SSSR count). The number of aromatic hydroxyl groups is 1. The number of cyclic esters (lactones) is 1. The number of nitrogens with zero attached hydrogens (tertiary/aromatic N) is 3. The van der Waals surface area contributed by atoms with Crippen molar-refractivity contribution in [1.82, 2.24) is 20.6 Å². The minimum absolute atomic E-state index is 0.112. The Labute approximate surface area is 160 Å². The maximum atomic E-state index is 11.9. The van der Waals surface area contributed by atoms with Gasteiger partial charge in [-0.05, 0) is 37.5 Å². The lowest BCUT2D eigenvalue weighted by Crippen LogP contribution is -2.12. The minimum atomic E-state index is -0.529. The van der Waals surface area contributed by atoms with Gasteiger partial charge in [0, 0.05) is 17.5 Å². The Bertz CT molecular complexity index is 937. The number of ether oxygens (including phenoxy) is 2. The first kappa shape index (κ1) is 19.3. The van der Waals surface area contributed by atoms with Crippen LogP contribution in [0.3, 0.4) is 0 Å². The molecule has 10 heteroatoms. The third-order valence-electron chi connectivity index (χ3n) is 4.65. The molecule has 1 amide bonds. The van der Waals surface area contributed by atoms with Crippen LogP contribution in [0.15, 0.2) is 11.6 Å². The lowest BCUT2D eigenvalue weighted by Gasteiger charge is -2.15. The zero-order chi connectivity index (χ0) is 20.3. The lowest BCUT2D eigenvalue weighted by molar-refractivity contribution is -0.116. The molecule has 0 radical (unpaired) electrons. The van der Waals surface area contributed by atoms with Crippen molar-refractivity contribution in [3.05, 3.63) is 33.9 Å². The van der Waals surface area contributed by atoms with Crippen LogP contribution in [0.25, 0.3) is 0 Å². The number of carbonyl (C=O) groups is 2. The van der Waals surface area contributed by atoms with Gasteiger partial charge in [0.2, 0.25) is 5.91 Å². The number of amides is 1. The predicted molar refractivity (Wildman–Crippen MR) is 98.0 cm³/mol. The maximum Gasteiger partial charge on any atom is 0.342 e. The number of hydrogen-bond donors (Lipinski definition) is 3. The molecule has 0 fully saturated rings. The standard InChI is InChI=1S/C18H21N5O5/c1-9(5-7-13(24)19-18-20-22-23-21-18)4-6-11-15(25)14-12(8-28-17(14)26)10(2)16(11)27-3/h4,25H,5-8H2,1-3H3,(H2,19,20,21,22,23,24)/b9-4+. The van der Waals surface area contributed by atoms with Crippen molar-refractivity contribution < 1.29 is 24.2 Å². The molecule has 1 aromatic carbocycles. The third-order valence-corrected chi connectivity index (χ3v) is 4.65. The first-order valence-electron chi connectivity index (χ1n) is 8.69. The summed E-state index contributed by atoms with van der Waals surface area (Å²) < 4.78 is 10.5. The monoisotopic (exact) mass is 387 g/mol. The summed E-state index contributed by atoms with van der Waals surface area (Å²) in [4.78, 5) is 23.8. The van der Waals surface area contributed by atoms with Crippen LogP contribution in [-0.4, -0.2) is 44.7 Å². The van der Waals surface area contributed by atoms with E-state index in [9.17, 15) is 14.7 Å². The van der Waals surface area contributed by atoms with Gasteiger partial charge in [-0.15, -0.1) is 5.10 Å². The van der Waals surface area contributed by atoms with Crippen molar-refractivity contribution >= 4 is 17.8 Å². The van der Waals surface area contributed by atoms with Gasteiger partial charge in [0.15, 0.2) is 0 Å². The molecule has 28 heavy (non-hydrogen) atoms. The number of phenols is 1. The van der Waals surface area contributed by atoms with Gasteiger partial charge in [-0.3, -0.25) is 10.1 Å². The molecule has 2 aromatic rings. The highest BCUT2D eigenvalue weighted by Crippen LogP contribution is 2.42. The first-order valence-corrected chi connectivity index (χ1v) is 8.69. The molecule has 148 valence electrons. The smallest absolute Gasteiger partial charge is 0.342 e. The van der Waals surface area contributed by atoms with Gasteiger partial charge >= 0.3 is 5.97 Å². The van der Waals surface area contributed by atoms with Gasteiger partial charge in [0.05, 0.1) is 7.11 Å². The zero-order valence-electron chi connectivity index (χ0n) is 15.8. The van der Waals surface area contributed by atoms with E-state index in [1.807, 2.05) is 19.9 Å². The Morgan fingerprint density at radius 3 is 2.89 bits per heavy atom. The number of phenolic OH excluding ortho intramolecular Hbond substituents is 1. The fraction of sp³-hybridized carbons (Fsp3) is 0.389. The third kappa shape index (κ3) is 3.80. The van der Waals surface area contributed by atoms with Crippen molar-refractivity contribution in [2.75, 3.05) is 12.4 Å². The molecule has 0 saturated heterocycles. The summed E-state index contributed by atoms with van der Waals surface area (Å²) in [6.07, 6.45) is 3.01. The van der Waals surface area contributed by atoms with Crippen LogP contribution in [0.4, 0.5) is 5.95 Å². The van der Waals surface area contributed by atoms with Crippen LogP contribution in [-0.2, 0) is 22.6 Å². The second-order valence-corrected chi connectivity index (χ2v) is 6.45. The number of hydrogen-bond acceptors (Lipinski definition) is 8. The van der Waals surface area contributed by atoms with Crippen molar-refractivity contribution in [3.8, 4) is 11.5 Å². The summed E-state index contributed by atoms with van der Waals surface area (Å²) in [5, 5.41) is 26.1. The average molecular weight is 387 g/mol. The molecule has 0 unspecified atom stereocenters. The molecule has 0 saturated carbocycles. The van der Waals surface area contributed by atoms with Gasteiger partial charge in [-0.1, -0.05) is 16.7 Å². The topological polar surface area (TPSA) is 139 Å². The molecule has 1 aliphatic rings. The molecular weight excluding hydrogens is 366 g/mol. The Hall–Kier alpha value is -3.43. The first-order chi connectivity index (χ1) is 13.4. The van der Waals surface area contributed by atoms with Gasteiger partial charge in [-0.25, -0.2) is 4.79 Å². The van der Waals surface area contributed by atoms with Crippen LogP contribution in [0, 0.1) is 6.92 Å². The Balaban J connectivity index is 1.71. The number of carbonyl (C=O) groups excluding carboxylic acids is 2. The van der Waals surface area contributed by atoms with Gasteiger partial charge in [0.1, 0.15) is 23.7 Å². The number of aromatic nitrogens is 4. The highest BCUT2D eigenvalue weighted by atomic mass is 16.5. The molecular formula is C18H21N5O5. The van der Waals surface area contributed by atoms with Crippen molar-refractivity contribution in [3.63, 3.8) is 0 Å². The lowest BCUT2D eigenvalue weighted by atomic mass is 9.94. The fourth-order valence-corrected chi connectivity index (χ4v) is 3.12. The van der Waals surface area contributed by atoms with E-state index in [1.165, 1.54) is 7.11 Å². The molecule has 10 nitrogen and oxygen atoms in total. The quantitative estimate of drug-likeness (QED) is 0.483. The molecule has 0 atom stereocenters. The predicted octanol–water partition coefficient (Wildman–Crippen LogP) is 1.80. The van der Waals surface area contributed by atoms with Crippen LogP contribution < -0.4 is 10.1 Å². The average Bonchev–Trinajstić information content (AvgIpc) is 3.31. The maximum absolute atomic E-state index is 11.9. The van der Waals surface area contributed by atoms with E-state index < -0.39 is 5.97 Å². The summed E-state index contributed by atoms with van der Waals surface area (Å²) in [5.41, 5.74) is 3.11. The highest BCUT2D eigenvalue weighted by Gasteiger charge is 2.31. The molecule has 3 N–H and O–H groups in total. The Morgan fingerprint density at radius 1 is 1.43 bits per heavy atom. The molecule has 0 aliphatic carbocycles. The van der Waals surface area contributed by atoms with E-state index in [2.05, 4.69) is 25.9 Å². The van der Waals surface area contributed by atoms with Crippen LogP contribution in [0.1, 0.15) is 46.8 Å². The van der Waals surface area contributed by atoms with E-state index >= 15 is 0 Å². The number of nitrogens with one attached hydrogen (secondary N) is 2. The number of rotatable bonds is 7. The SMILES string of the molecule is COc1c(C)c2c(c(O)c1C/C=C(\C)CCC(=O)Nc1nn[nH]n1)C(=O)OC2. The number of aromatic amines is 1. The largest absolute Gasteiger partial charge is 0.507 e. The van der Waals surface area contributed by atoms with E-state index in [0.29, 0.717) is 29.7 Å². The molecule has 1 aromatic heterocycles. The number of fused-ring (bicyclic) bond motifs is 1. The number of H-pyrrole nitrogens is 1. The van der Waals surface area contributed by atoms with Crippen molar-refractivity contribution in [2.24, 2.45) is 0 Å². The molecule has 0 bridgehead atoms. The van der Waals surface area contributed by atoms with Crippen LogP contribution >= 0.6 is 0 Å². The van der Waals surface area contributed by atoms with Crippen molar-refractivity contribution in [1.29, 1.82) is 0 Å². The van der Waals surface area contributed by atoms with Gasteiger partial charge in [-0.2, -0.15) is 5.21 Å². The summed E-state index contributed by atoms with van der Waals surface area (Å²) in [6, 6.07) is 0. The Kier molecular flexibility index (Phi) is 5.57. The summed E-state index contributed by atoms with van der Waals surface area (Å²) in [7, 11) is 1.52.